The third-order valence-corrected chi connectivity index (χ3v) is 4.05. The van der Waals surface area contributed by atoms with Gasteiger partial charge in [-0.1, -0.05) is 32.0 Å². The van der Waals surface area contributed by atoms with Crippen LogP contribution in [0, 0.1) is 5.92 Å². The van der Waals surface area contributed by atoms with Crippen LogP contribution in [0.5, 0.6) is 0 Å². The molecule has 2 unspecified atom stereocenters. The Balaban J connectivity index is 2.81. The Hall–Kier alpha value is -1.07. The van der Waals surface area contributed by atoms with E-state index in [0.717, 1.165) is 12.5 Å². The van der Waals surface area contributed by atoms with Gasteiger partial charge in [0.25, 0.3) is 0 Å². The van der Waals surface area contributed by atoms with Crippen LogP contribution in [0.1, 0.15) is 44.4 Å². The molecule has 0 aliphatic heterocycles. The fourth-order valence-corrected chi connectivity index (χ4v) is 2.24. The second-order valence-corrected chi connectivity index (χ2v) is 5.94. The van der Waals surface area contributed by atoms with E-state index in [9.17, 15) is 13.2 Å². The van der Waals surface area contributed by atoms with Crippen molar-refractivity contribution in [2.24, 2.45) is 11.7 Å². The van der Waals surface area contributed by atoms with Crippen molar-refractivity contribution in [2.45, 2.75) is 45.5 Å². The lowest BCUT2D eigenvalue weighted by molar-refractivity contribution is -0.138. The van der Waals surface area contributed by atoms with Gasteiger partial charge in [0.2, 0.25) is 0 Å². The van der Waals surface area contributed by atoms with Gasteiger partial charge in [0.1, 0.15) is 0 Å². The summed E-state index contributed by atoms with van der Waals surface area (Å²) in [5.41, 5.74) is 5.75. The van der Waals surface area contributed by atoms with Crippen molar-refractivity contribution in [3.8, 4) is 0 Å². The van der Waals surface area contributed by atoms with Gasteiger partial charge in [0.15, 0.2) is 0 Å². The van der Waals surface area contributed by atoms with Gasteiger partial charge in [-0.15, -0.1) is 0 Å². The van der Waals surface area contributed by atoms with Gasteiger partial charge < -0.3 is 5.73 Å². The number of nitrogens with zero attached hydrogens (tertiary/aromatic N) is 1. The molecule has 0 amide bonds. The number of nitrogens with two attached hydrogens (primary N) is 1. The van der Waals surface area contributed by atoms with Gasteiger partial charge >= 0.3 is 6.18 Å². The lowest BCUT2D eigenvalue weighted by Gasteiger charge is -2.29. The summed E-state index contributed by atoms with van der Waals surface area (Å²) >= 11 is 0. The van der Waals surface area contributed by atoms with Gasteiger partial charge in [-0.3, -0.25) is 4.90 Å². The molecular formula is C16H25F3N2. The van der Waals surface area contributed by atoms with Crippen molar-refractivity contribution >= 4 is 0 Å². The Kier molecular flexibility index (Phi) is 6.23. The molecule has 2 N–H and O–H groups in total. The monoisotopic (exact) mass is 302 g/mol. The maximum absolute atomic E-state index is 13.1. The second kappa shape index (κ2) is 7.27. The first-order valence-electron chi connectivity index (χ1n) is 7.26. The van der Waals surface area contributed by atoms with Crippen LogP contribution in [0.15, 0.2) is 24.3 Å². The summed E-state index contributed by atoms with van der Waals surface area (Å²) in [6.45, 7) is 6.57. The molecule has 2 atom stereocenters. The zero-order valence-corrected chi connectivity index (χ0v) is 13.1. The Bertz CT molecular complexity index is 443. The highest BCUT2D eigenvalue weighted by Gasteiger charge is 2.34. The number of alkyl halides is 3. The molecule has 0 aliphatic rings. The first-order valence-corrected chi connectivity index (χ1v) is 7.26. The van der Waals surface area contributed by atoms with E-state index in [-0.39, 0.29) is 12.1 Å². The van der Waals surface area contributed by atoms with Crippen molar-refractivity contribution in [1.82, 2.24) is 4.90 Å². The van der Waals surface area contributed by atoms with Crippen molar-refractivity contribution in [3.63, 3.8) is 0 Å². The van der Waals surface area contributed by atoms with Gasteiger partial charge in [-0.25, -0.2) is 0 Å². The minimum absolute atomic E-state index is 0.0671. The highest BCUT2D eigenvalue weighted by molar-refractivity contribution is 5.32. The molecule has 5 heteroatoms. The first kappa shape index (κ1) is 18.0. The van der Waals surface area contributed by atoms with Crippen LogP contribution >= 0.6 is 0 Å². The lowest BCUT2D eigenvalue weighted by Crippen LogP contribution is -2.33. The van der Waals surface area contributed by atoms with Crippen LogP contribution < -0.4 is 5.73 Å². The molecule has 0 spiro atoms. The molecule has 0 bridgehead atoms. The number of hydrogen-bond acceptors (Lipinski definition) is 2. The maximum Gasteiger partial charge on any atom is 0.416 e. The molecule has 0 fully saturated rings. The molecule has 1 aromatic rings. The number of hydrogen-bond donors (Lipinski definition) is 1. The molecule has 0 aliphatic carbocycles. The fraction of sp³-hybridized carbons (Fsp3) is 0.625. The average Bonchev–Trinajstić information content (AvgIpc) is 2.42. The molecule has 0 radical (unpaired) electrons. The van der Waals surface area contributed by atoms with E-state index in [0.29, 0.717) is 18.0 Å². The minimum Gasteiger partial charge on any atom is -0.327 e. The topological polar surface area (TPSA) is 29.3 Å². The molecule has 120 valence electrons. The third-order valence-electron chi connectivity index (χ3n) is 4.05. The second-order valence-electron chi connectivity index (χ2n) is 5.94. The van der Waals surface area contributed by atoms with Crippen LogP contribution in [0.25, 0.3) is 0 Å². The standard InChI is InChI=1S/C16H25F3N2/c1-11(2)15(20)9-10-21(4)12(3)13-7-5-6-8-14(13)16(17,18)19/h5-8,11-12,15H,9-10,20H2,1-4H3. The van der Waals surface area contributed by atoms with Crippen molar-refractivity contribution in [3.05, 3.63) is 35.4 Å². The van der Waals surface area contributed by atoms with Crippen LogP contribution in [0.3, 0.4) is 0 Å². The third kappa shape index (κ3) is 5.00. The number of halogens is 3. The van der Waals surface area contributed by atoms with Crippen LogP contribution in [0.4, 0.5) is 13.2 Å². The fourth-order valence-electron chi connectivity index (χ4n) is 2.24. The molecule has 1 aromatic carbocycles. The Morgan fingerprint density at radius 1 is 1.14 bits per heavy atom. The summed E-state index contributed by atoms with van der Waals surface area (Å²) in [7, 11) is 1.84. The Morgan fingerprint density at radius 3 is 2.24 bits per heavy atom. The van der Waals surface area contributed by atoms with Gasteiger partial charge in [-0.05, 0) is 44.5 Å². The summed E-state index contributed by atoms with van der Waals surface area (Å²) in [5, 5.41) is 0. The van der Waals surface area contributed by atoms with Gasteiger partial charge in [0.05, 0.1) is 5.56 Å². The van der Waals surface area contributed by atoms with E-state index in [4.69, 9.17) is 5.73 Å². The predicted octanol–water partition coefficient (Wildman–Crippen LogP) is 4.07. The molecule has 0 saturated carbocycles. The Labute approximate surface area is 125 Å². The SMILES string of the molecule is CC(C)C(N)CCN(C)C(C)c1ccccc1C(F)(F)F. The maximum atomic E-state index is 13.1. The Morgan fingerprint density at radius 2 is 1.71 bits per heavy atom. The van der Waals surface area contributed by atoms with E-state index in [2.05, 4.69) is 0 Å². The number of benzene rings is 1. The van der Waals surface area contributed by atoms with Crippen molar-refractivity contribution < 1.29 is 13.2 Å². The van der Waals surface area contributed by atoms with E-state index in [1.807, 2.05) is 25.8 Å². The average molecular weight is 302 g/mol. The first-order chi connectivity index (χ1) is 9.64. The summed E-state index contributed by atoms with van der Waals surface area (Å²) in [6, 6.07) is 5.52. The van der Waals surface area contributed by atoms with E-state index in [1.165, 1.54) is 6.07 Å². The van der Waals surface area contributed by atoms with Crippen molar-refractivity contribution in [1.29, 1.82) is 0 Å². The van der Waals surface area contributed by atoms with Crippen LogP contribution in [0.2, 0.25) is 0 Å². The lowest BCUT2D eigenvalue weighted by atomic mass is 9.98. The zero-order valence-electron chi connectivity index (χ0n) is 13.1. The highest BCUT2D eigenvalue weighted by Crippen LogP contribution is 2.35. The normalized spacial score (nSPS) is 15.5. The summed E-state index contributed by atoms with van der Waals surface area (Å²) in [4.78, 5) is 1.92. The number of rotatable bonds is 6. The zero-order chi connectivity index (χ0) is 16.2. The summed E-state index contributed by atoms with van der Waals surface area (Å²) in [6.07, 6.45) is -3.55. The molecular weight excluding hydrogens is 277 g/mol. The van der Waals surface area contributed by atoms with E-state index in [1.54, 1.807) is 19.1 Å². The quantitative estimate of drug-likeness (QED) is 0.858. The van der Waals surface area contributed by atoms with Crippen LogP contribution in [-0.4, -0.2) is 24.5 Å². The van der Waals surface area contributed by atoms with Gasteiger partial charge in [0, 0.05) is 12.1 Å². The van der Waals surface area contributed by atoms with Crippen molar-refractivity contribution in [2.75, 3.05) is 13.6 Å². The molecule has 21 heavy (non-hydrogen) atoms. The molecule has 1 rings (SSSR count). The van der Waals surface area contributed by atoms with E-state index >= 15 is 0 Å². The highest BCUT2D eigenvalue weighted by atomic mass is 19.4. The van der Waals surface area contributed by atoms with E-state index < -0.39 is 11.7 Å². The minimum atomic E-state index is -4.32. The molecule has 2 nitrogen and oxygen atoms in total. The summed E-state index contributed by atoms with van der Waals surface area (Å²) in [5.74, 6) is 0.371. The summed E-state index contributed by atoms with van der Waals surface area (Å²) < 4.78 is 39.2. The predicted molar refractivity (Wildman–Crippen MR) is 79.9 cm³/mol. The largest absolute Gasteiger partial charge is 0.416 e. The molecule has 0 aromatic heterocycles. The molecule has 0 heterocycles. The molecule has 0 saturated heterocycles. The van der Waals surface area contributed by atoms with Gasteiger partial charge in [-0.2, -0.15) is 13.2 Å². The smallest absolute Gasteiger partial charge is 0.327 e. The van der Waals surface area contributed by atoms with Crippen LogP contribution in [-0.2, 0) is 6.18 Å².